The predicted molar refractivity (Wildman–Crippen MR) is 113 cm³/mol. The molecule has 1 heterocycles. The van der Waals surface area contributed by atoms with Crippen LogP contribution in [-0.2, 0) is 4.79 Å². The SMILES string of the molecule is COc1ccc(/C=N\NC(=O)CN2c3ccccc3Sc3ccccc32)cc1. The first-order chi connectivity index (χ1) is 13.7. The normalized spacial score (nSPS) is 12.4. The highest BCUT2D eigenvalue weighted by atomic mass is 32.2. The molecule has 0 spiro atoms. The standard InChI is InChI=1S/C22H19N3O2S/c1-27-17-12-10-16(11-13-17)14-23-24-22(26)15-25-18-6-2-4-8-20(18)28-21-9-5-3-7-19(21)25/h2-14H,15H2,1H3,(H,24,26)/b23-14-. The molecule has 0 bridgehead atoms. The summed E-state index contributed by atoms with van der Waals surface area (Å²) in [5, 5.41) is 4.08. The lowest BCUT2D eigenvalue weighted by Gasteiger charge is -2.31. The third-order valence-electron chi connectivity index (χ3n) is 4.35. The van der Waals surface area contributed by atoms with Crippen molar-refractivity contribution >= 4 is 35.3 Å². The van der Waals surface area contributed by atoms with Gasteiger partial charge in [-0.2, -0.15) is 5.10 Å². The number of fused-ring (bicyclic) bond motifs is 2. The molecule has 0 aromatic heterocycles. The summed E-state index contributed by atoms with van der Waals surface area (Å²) in [5.41, 5.74) is 5.56. The van der Waals surface area contributed by atoms with E-state index in [2.05, 4.69) is 22.7 Å². The second-order valence-electron chi connectivity index (χ2n) is 6.19. The van der Waals surface area contributed by atoms with Crippen molar-refractivity contribution in [3.05, 3.63) is 78.4 Å². The highest BCUT2D eigenvalue weighted by Gasteiger charge is 2.24. The Labute approximate surface area is 168 Å². The van der Waals surface area contributed by atoms with Crippen molar-refractivity contribution in [3.63, 3.8) is 0 Å². The second kappa shape index (κ2) is 8.19. The molecule has 6 heteroatoms. The van der Waals surface area contributed by atoms with E-state index in [1.54, 1.807) is 25.1 Å². The second-order valence-corrected chi connectivity index (χ2v) is 7.27. The van der Waals surface area contributed by atoms with Crippen LogP contribution < -0.4 is 15.1 Å². The molecular formula is C22H19N3O2S. The molecule has 0 saturated carbocycles. The van der Waals surface area contributed by atoms with Crippen LogP contribution in [0.25, 0.3) is 0 Å². The van der Waals surface area contributed by atoms with E-state index in [1.165, 1.54) is 0 Å². The van der Waals surface area contributed by atoms with Crippen molar-refractivity contribution < 1.29 is 9.53 Å². The number of hydrogen-bond donors (Lipinski definition) is 1. The van der Waals surface area contributed by atoms with Gasteiger partial charge in [0.15, 0.2) is 0 Å². The third-order valence-corrected chi connectivity index (χ3v) is 5.48. The number of anilines is 2. The smallest absolute Gasteiger partial charge is 0.260 e. The molecule has 0 radical (unpaired) electrons. The Bertz CT molecular complexity index is 973. The van der Waals surface area contributed by atoms with Gasteiger partial charge in [0.05, 0.1) is 24.7 Å². The maximum absolute atomic E-state index is 12.5. The van der Waals surface area contributed by atoms with E-state index in [-0.39, 0.29) is 12.5 Å². The Kier molecular flexibility index (Phi) is 5.30. The molecule has 1 aliphatic heterocycles. The Morgan fingerprint density at radius 2 is 1.61 bits per heavy atom. The van der Waals surface area contributed by atoms with E-state index < -0.39 is 0 Å². The lowest BCUT2D eigenvalue weighted by molar-refractivity contribution is -0.119. The third kappa shape index (κ3) is 3.87. The van der Waals surface area contributed by atoms with Crippen LogP contribution in [-0.4, -0.2) is 25.8 Å². The van der Waals surface area contributed by atoms with Gasteiger partial charge in [-0.3, -0.25) is 4.79 Å². The maximum Gasteiger partial charge on any atom is 0.260 e. The monoisotopic (exact) mass is 389 g/mol. The van der Waals surface area contributed by atoms with Crippen LogP contribution in [0.2, 0.25) is 0 Å². The predicted octanol–water partition coefficient (Wildman–Crippen LogP) is 4.45. The van der Waals surface area contributed by atoms with Gasteiger partial charge < -0.3 is 9.64 Å². The van der Waals surface area contributed by atoms with Crippen LogP contribution in [0, 0.1) is 0 Å². The Morgan fingerprint density at radius 3 is 2.21 bits per heavy atom. The molecule has 140 valence electrons. The highest BCUT2D eigenvalue weighted by molar-refractivity contribution is 7.99. The molecule has 1 N–H and O–H groups in total. The molecule has 1 aliphatic rings. The number of carbonyl (C=O) groups excluding carboxylic acids is 1. The van der Waals surface area contributed by atoms with Crippen LogP contribution in [0.15, 0.2) is 87.7 Å². The summed E-state index contributed by atoms with van der Waals surface area (Å²) in [7, 11) is 1.62. The van der Waals surface area contributed by atoms with E-state index in [1.807, 2.05) is 65.6 Å². The molecule has 0 atom stereocenters. The summed E-state index contributed by atoms with van der Waals surface area (Å²) < 4.78 is 5.13. The molecule has 3 aromatic carbocycles. The van der Waals surface area contributed by atoms with Gasteiger partial charge in [-0.1, -0.05) is 36.0 Å². The van der Waals surface area contributed by atoms with Crippen molar-refractivity contribution in [1.29, 1.82) is 0 Å². The molecule has 0 aliphatic carbocycles. The highest BCUT2D eigenvalue weighted by Crippen LogP contribution is 2.47. The minimum atomic E-state index is -0.179. The topological polar surface area (TPSA) is 53.9 Å². The minimum absolute atomic E-state index is 0.179. The van der Waals surface area contributed by atoms with Crippen molar-refractivity contribution in [2.75, 3.05) is 18.6 Å². The number of carbonyl (C=O) groups is 1. The maximum atomic E-state index is 12.5. The molecule has 1 amide bonds. The lowest BCUT2D eigenvalue weighted by Crippen LogP contribution is -2.33. The van der Waals surface area contributed by atoms with Crippen LogP contribution >= 0.6 is 11.8 Å². The van der Waals surface area contributed by atoms with Crippen molar-refractivity contribution in [1.82, 2.24) is 5.43 Å². The van der Waals surface area contributed by atoms with Gasteiger partial charge in [0.25, 0.3) is 5.91 Å². The number of nitrogens with one attached hydrogen (secondary N) is 1. The number of hydrogen-bond acceptors (Lipinski definition) is 5. The number of methoxy groups -OCH3 is 1. The quantitative estimate of drug-likeness (QED) is 0.517. The minimum Gasteiger partial charge on any atom is -0.497 e. The molecule has 3 aromatic rings. The van der Waals surface area contributed by atoms with E-state index in [0.29, 0.717) is 0 Å². The van der Waals surface area contributed by atoms with Crippen LogP contribution in [0.5, 0.6) is 5.75 Å². The number of amides is 1. The fourth-order valence-corrected chi connectivity index (χ4v) is 4.09. The summed E-state index contributed by atoms with van der Waals surface area (Å²) in [6.45, 7) is 0.189. The first-order valence-electron chi connectivity index (χ1n) is 8.84. The van der Waals surface area contributed by atoms with Gasteiger partial charge in [-0.25, -0.2) is 5.43 Å². The largest absolute Gasteiger partial charge is 0.497 e. The van der Waals surface area contributed by atoms with Crippen LogP contribution in [0.1, 0.15) is 5.56 Å². The average Bonchev–Trinajstić information content (AvgIpc) is 2.74. The van der Waals surface area contributed by atoms with Crippen molar-refractivity contribution in [2.24, 2.45) is 5.10 Å². The van der Waals surface area contributed by atoms with Gasteiger partial charge in [0.2, 0.25) is 0 Å². The fourth-order valence-electron chi connectivity index (χ4n) is 3.00. The Hall–Kier alpha value is -3.25. The van der Waals surface area contributed by atoms with Crippen LogP contribution in [0.3, 0.4) is 0 Å². The van der Waals surface area contributed by atoms with Gasteiger partial charge in [-0.15, -0.1) is 0 Å². The zero-order chi connectivity index (χ0) is 19.3. The fraction of sp³-hybridized carbons (Fsp3) is 0.0909. The van der Waals surface area contributed by atoms with Gasteiger partial charge in [0, 0.05) is 9.79 Å². The molecule has 5 nitrogen and oxygen atoms in total. The molecule has 4 rings (SSSR count). The Morgan fingerprint density at radius 1 is 1.00 bits per heavy atom. The van der Waals surface area contributed by atoms with Gasteiger partial charge in [0.1, 0.15) is 12.3 Å². The van der Waals surface area contributed by atoms with Crippen molar-refractivity contribution in [3.8, 4) is 5.75 Å². The zero-order valence-corrected chi connectivity index (χ0v) is 16.1. The summed E-state index contributed by atoms with van der Waals surface area (Å²) in [6.07, 6.45) is 1.62. The van der Waals surface area contributed by atoms with Crippen LogP contribution in [0.4, 0.5) is 11.4 Å². The lowest BCUT2D eigenvalue weighted by atomic mass is 10.2. The number of para-hydroxylation sites is 2. The number of nitrogens with zero attached hydrogens (tertiary/aromatic N) is 2. The molecule has 0 fully saturated rings. The first-order valence-corrected chi connectivity index (χ1v) is 9.65. The number of benzene rings is 3. The van der Waals surface area contributed by atoms with Crippen molar-refractivity contribution in [2.45, 2.75) is 9.79 Å². The van der Waals surface area contributed by atoms with E-state index in [9.17, 15) is 4.79 Å². The molecule has 28 heavy (non-hydrogen) atoms. The summed E-state index contributed by atoms with van der Waals surface area (Å²) >= 11 is 1.72. The summed E-state index contributed by atoms with van der Waals surface area (Å²) in [4.78, 5) is 16.8. The Balaban J connectivity index is 1.47. The summed E-state index contributed by atoms with van der Waals surface area (Å²) in [6, 6.07) is 23.7. The first kappa shape index (κ1) is 18.1. The van der Waals surface area contributed by atoms with E-state index in [0.717, 1.165) is 32.5 Å². The number of hydrazone groups is 1. The number of rotatable bonds is 5. The van der Waals surface area contributed by atoms with Gasteiger partial charge in [-0.05, 0) is 54.1 Å². The van der Waals surface area contributed by atoms with E-state index >= 15 is 0 Å². The van der Waals surface area contributed by atoms with Gasteiger partial charge >= 0.3 is 0 Å². The molecular weight excluding hydrogens is 370 g/mol. The average molecular weight is 389 g/mol. The summed E-state index contributed by atoms with van der Waals surface area (Å²) in [5.74, 6) is 0.600. The number of ether oxygens (including phenoxy) is 1. The van der Waals surface area contributed by atoms with E-state index in [4.69, 9.17) is 4.74 Å². The molecule has 0 unspecified atom stereocenters. The molecule has 0 saturated heterocycles. The zero-order valence-electron chi connectivity index (χ0n) is 15.3.